The molecule has 1 aromatic carbocycles. The molecule has 0 amide bonds. The van der Waals surface area contributed by atoms with Crippen molar-refractivity contribution in [3.8, 4) is 0 Å². The molecule has 1 aromatic rings. The van der Waals surface area contributed by atoms with E-state index in [-0.39, 0.29) is 28.5 Å². The fourth-order valence-corrected chi connectivity index (χ4v) is 6.69. The van der Waals surface area contributed by atoms with Crippen LogP contribution in [0.5, 0.6) is 0 Å². The summed E-state index contributed by atoms with van der Waals surface area (Å²) >= 11 is -1.77. The van der Waals surface area contributed by atoms with Gasteiger partial charge in [0.15, 0.2) is 0 Å². The minimum atomic E-state index is -1.77. The summed E-state index contributed by atoms with van der Waals surface area (Å²) in [7, 11) is 1.89. The fraction of sp³-hybridized carbons (Fsp3) is 0.444. The molecule has 1 nitrogen and oxygen atoms in total. The SMILES string of the molecule is C[O][Ti+2]([c]1ccccc1C1=C(C)C=C(C)C1)[C](C)(C)C.[Cl-].[Cl-]. The Kier molecular flexibility index (Phi) is 8.69. The van der Waals surface area contributed by atoms with Gasteiger partial charge in [0.05, 0.1) is 0 Å². The van der Waals surface area contributed by atoms with Crippen LogP contribution in [0.15, 0.2) is 41.5 Å². The van der Waals surface area contributed by atoms with Gasteiger partial charge in [-0.2, -0.15) is 0 Å². The van der Waals surface area contributed by atoms with Crippen molar-refractivity contribution >= 4 is 9.44 Å². The van der Waals surface area contributed by atoms with E-state index in [0.717, 1.165) is 6.42 Å². The van der Waals surface area contributed by atoms with Crippen molar-refractivity contribution in [3.05, 3.63) is 47.1 Å². The molecular formula is C18H25Cl2OTi. The monoisotopic (exact) mass is 375 g/mol. The number of hydrogen-bond acceptors (Lipinski definition) is 1. The maximum atomic E-state index is 5.99. The van der Waals surface area contributed by atoms with Gasteiger partial charge in [0.25, 0.3) is 0 Å². The van der Waals surface area contributed by atoms with Crippen molar-refractivity contribution in [2.24, 2.45) is 0 Å². The molecule has 22 heavy (non-hydrogen) atoms. The van der Waals surface area contributed by atoms with Crippen LogP contribution in [0.2, 0.25) is 3.72 Å². The molecule has 0 radical (unpaired) electrons. The third-order valence-corrected chi connectivity index (χ3v) is 7.99. The van der Waals surface area contributed by atoms with Crippen molar-refractivity contribution in [1.82, 2.24) is 0 Å². The first kappa shape index (κ1) is 22.0. The van der Waals surface area contributed by atoms with E-state index < -0.39 is 18.3 Å². The summed E-state index contributed by atoms with van der Waals surface area (Å²) in [6, 6.07) is 8.87. The molecule has 0 bridgehead atoms. The van der Waals surface area contributed by atoms with Gasteiger partial charge in [-0.1, -0.05) is 0 Å². The molecule has 4 heteroatoms. The zero-order valence-corrected chi connectivity index (χ0v) is 17.3. The van der Waals surface area contributed by atoms with E-state index in [1.165, 1.54) is 26.2 Å². The van der Waals surface area contributed by atoms with E-state index >= 15 is 0 Å². The van der Waals surface area contributed by atoms with Gasteiger partial charge in [-0.3, -0.25) is 0 Å². The van der Waals surface area contributed by atoms with E-state index in [0.29, 0.717) is 0 Å². The van der Waals surface area contributed by atoms with Crippen LogP contribution < -0.4 is 28.7 Å². The second-order valence-corrected chi connectivity index (χ2v) is 11.5. The van der Waals surface area contributed by atoms with E-state index in [1.807, 2.05) is 7.11 Å². The molecule has 0 unspecified atom stereocenters. The van der Waals surface area contributed by atoms with Gasteiger partial charge in [-0.05, 0) is 0 Å². The molecule has 0 atom stereocenters. The summed E-state index contributed by atoms with van der Waals surface area (Å²) < 4.78 is 7.71. The second-order valence-electron chi connectivity index (χ2n) is 6.66. The van der Waals surface area contributed by atoms with Gasteiger partial charge < -0.3 is 24.8 Å². The van der Waals surface area contributed by atoms with Gasteiger partial charge in [0.2, 0.25) is 0 Å². The number of allylic oxidation sites excluding steroid dienone is 4. The first-order chi connectivity index (χ1) is 9.34. The minimum absolute atomic E-state index is 0. The van der Waals surface area contributed by atoms with Crippen molar-refractivity contribution < 1.29 is 46.4 Å². The van der Waals surface area contributed by atoms with E-state index in [1.54, 1.807) is 0 Å². The maximum absolute atomic E-state index is 5.99. The Morgan fingerprint density at radius 1 is 1.05 bits per heavy atom. The van der Waals surface area contributed by atoms with E-state index in [4.69, 9.17) is 3.32 Å². The number of rotatable bonds is 3. The van der Waals surface area contributed by atoms with Gasteiger partial charge in [-0.15, -0.1) is 0 Å². The largest absolute Gasteiger partial charge is 1.00 e. The molecule has 0 heterocycles. The van der Waals surface area contributed by atoms with Crippen LogP contribution in [0.25, 0.3) is 5.57 Å². The predicted octanol–water partition coefficient (Wildman–Crippen LogP) is -1.16. The zero-order chi connectivity index (χ0) is 14.9. The van der Waals surface area contributed by atoms with Crippen LogP contribution in [0.1, 0.15) is 46.6 Å². The minimum Gasteiger partial charge on any atom is -1.00 e. The summed E-state index contributed by atoms with van der Waals surface area (Å²) in [5, 5.41) is 0. The predicted molar refractivity (Wildman–Crippen MR) is 83.8 cm³/mol. The Balaban J connectivity index is 0.00000220. The summed E-state index contributed by atoms with van der Waals surface area (Å²) in [4.78, 5) is 0. The quantitative estimate of drug-likeness (QED) is 0.606. The van der Waals surface area contributed by atoms with Crippen molar-refractivity contribution in [3.63, 3.8) is 0 Å². The van der Waals surface area contributed by atoms with Crippen molar-refractivity contribution in [1.29, 1.82) is 0 Å². The third-order valence-electron chi connectivity index (χ3n) is 3.78. The molecule has 0 N–H and O–H groups in total. The first-order valence-electron chi connectivity index (χ1n) is 7.22. The maximum Gasteiger partial charge on any atom is -1.00 e. The Hall–Kier alpha value is -0.0457. The summed E-state index contributed by atoms with van der Waals surface area (Å²) in [5.74, 6) is 0. The standard InChI is InChI=1S/C13H13.C4H9.CH3O.2ClH.Ti/c1-10-8-11(2)13(9-10)12-6-4-3-5-7-12;1-4(2)3;1-2;;;/h3-6,8H,9H2,1-2H3;1-3H3;1H3;2*1H;/q;;-1;;;+3/p-2. The molecule has 121 valence electrons. The molecular weight excluding hydrogens is 351 g/mol. The van der Waals surface area contributed by atoms with Crippen LogP contribution in [-0.4, -0.2) is 7.11 Å². The Bertz CT molecular complexity index is 571. The molecule has 1 aliphatic rings. The van der Waals surface area contributed by atoms with Crippen molar-refractivity contribution in [2.45, 2.75) is 44.8 Å². The molecule has 1 aliphatic carbocycles. The van der Waals surface area contributed by atoms with Crippen LogP contribution in [-0.2, 0) is 21.6 Å². The van der Waals surface area contributed by atoms with E-state index in [2.05, 4.69) is 65.0 Å². The van der Waals surface area contributed by atoms with Gasteiger partial charge >= 0.3 is 130 Å². The number of hydrogen-bond donors (Lipinski definition) is 0. The van der Waals surface area contributed by atoms with Crippen LogP contribution in [0, 0.1) is 0 Å². The normalized spacial score (nSPS) is 14.2. The summed E-state index contributed by atoms with van der Waals surface area (Å²) in [6.07, 6.45) is 3.40. The Labute approximate surface area is 154 Å². The number of benzene rings is 1. The molecule has 0 aliphatic heterocycles. The molecule has 0 saturated carbocycles. The fourth-order valence-electron chi connectivity index (χ4n) is 3.00. The van der Waals surface area contributed by atoms with Crippen LogP contribution >= 0.6 is 0 Å². The Morgan fingerprint density at radius 3 is 2.09 bits per heavy atom. The van der Waals surface area contributed by atoms with Gasteiger partial charge in [0.1, 0.15) is 0 Å². The van der Waals surface area contributed by atoms with E-state index in [9.17, 15) is 0 Å². The van der Waals surface area contributed by atoms with Gasteiger partial charge in [0, 0.05) is 0 Å². The molecule has 0 saturated heterocycles. The van der Waals surface area contributed by atoms with Gasteiger partial charge in [-0.25, -0.2) is 0 Å². The summed E-state index contributed by atoms with van der Waals surface area (Å²) in [5.41, 5.74) is 5.79. The third kappa shape index (κ3) is 4.72. The zero-order valence-electron chi connectivity index (χ0n) is 14.3. The summed E-state index contributed by atoms with van der Waals surface area (Å²) in [6.45, 7) is 11.4. The Morgan fingerprint density at radius 2 is 1.64 bits per heavy atom. The molecule has 0 spiro atoms. The average Bonchev–Trinajstić information content (AvgIpc) is 2.68. The van der Waals surface area contributed by atoms with Crippen LogP contribution in [0.3, 0.4) is 0 Å². The first-order valence-corrected chi connectivity index (χ1v) is 9.42. The molecule has 0 aromatic heterocycles. The van der Waals surface area contributed by atoms with Crippen molar-refractivity contribution in [2.75, 3.05) is 7.11 Å². The topological polar surface area (TPSA) is 9.23 Å². The second kappa shape index (κ2) is 8.71. The smallest absolute Gasteiger partial charge is 1.00 e. The number of halogens is 2. The molecule has 0 fully saturated rings. The average molecular weight is 376 g/mol. The molecule has 2 rings (SSSR count). The van der Waals surface area contributed by atoms with Crippen LogP contribution in [0.4, 0.5) is 0 Å².